The number of nitrogens with zero attached hydrogens (tertiary/aromatic N) is 4. The standard InChI is InChI=1S/C14H20N5O3P/c1-4-21-23(20,22-5-2)7-6-11(3)8-19-10-18-12-13(15)16-9-17-14(12)19/h7,9-10H,4-5,8H2,1-3H3,(H2,15,16,17). The van der Waals surface area contributed by atoms with Crippen molar-refractivity contribution in [1.29, 1.82) is 0 Å². The summed E-state index contributed by atoms with van der Waals surface area (Å²) < 4.78 is 24.5. The summed E-state index contributed by atoms with van der Waals surface area (Å²) in [6.07, 6.45) is 3.02. The molecule has 0 saturated heterocycles. The van der Waals surface area contributed by atoms with Crippen molar-refractivity contribution in [3.05, 3.63) is 29.8 Å². The van der Waals surface area contributed by atoms with Gasteiger partial charge in [0.25, 0.3) is 0 Å². The van der Waals surface area contributed by atoms with Gasteiger partial charge in [0.1, 0.15) is 11.8 Å². The summed E-state index contributed by atoms with van der Waals surface area (Å²) in [6.45, 7) is 6.46. The minimum atomic E-state index is -3.25. The van der Waals surface area contributed by atoms with Crippen molar-refractivity contribution in [2.45, 2.75) is 27.3 Å². The van der Waals surface area contributed by atoms with Crippen LogP contribution in [-0.2, 0) is 20.2 Å². The van der Waals surface area contributed by atoms with Crippen LogP contribution in [0.15, 0.2) is 29.8 Å². The molecule has 0 aliphatic carbocycles. The van der Waals surface area contributed by atoms with Gasteiger partial charge in [0, 0.05) is 0 Å². The summed E-state index contributed by atoms with van der Waals surface area (Å²) in [7, 11) is -3.25. The average Bonchev–Trinajstić information content (AvgIpc) is 2.91. The van der Waals surface area contributed by atoms with Crippen molar-refractivity contribution in [3.63, 3.8) is 0 Å². The molecular weight excluding hydrogens is 317 g/mol. The van der Waals surface area contributed by atoms with Crippen molar-refractivity contribution < 1.29 is 13.6 Å². The number of nitrogen functional groups attached to an aromatic ring is 1. The lowest BCUT2D eigenvalue weighted by Gasteiger charge is -2.11. The highest BCUT2D eigenvalue weighted by atomic mass is 31.2. The van der Waals surface area contributed by atoms with E-state index in [2.05, 4.69) is 20.7 Å². The lowest BCUT2D eigenvalue weighted by Crippen LogP contribution is -2.00. The molecule has 2 N–H and O–H groups in total. The highest BCUT2D eigenvalue weighted by Crippen LogP contribution is 2.49. The van der Waals surface area contributed by atoms with Crippen molar-refractivity contribution in [2.24, 2.45) is 0 Å². The second-order valence-electron chi connectivity index (χ2n) is 4.73. The second-order valence-corrected chi connectivity index (χ2v) is 6.59. The molecule has 23 heavy (non-hydrogen) atoms. The van der Waals surface area contributed by atoms with Crippen LogP contribution < -0.4 is 5.73 Å². The Balaban J connectivity index is 2.25. The molecule has 0 fully saturated rings. The van der Waals surface area contributed by atoms with E-state index in [0.717, 1.165) is 5.57 Å². The average molecular weight is 337 g/mol. The summed E-state index contributed by atoms with van der Waals surface area (Å²) in [5.41, 5.74) is 10.7. The summed E-state index contributed by atoms with van der Waals surface area (Å²) in [5.74, 6) is 1.70. The van der Waals surface area contributed by atoms with Crippen molar-refractivity contribution in [1.82, 2.24) is 19.5 Å². The van der Waals surface area contributed by atoms with Gasteiger partial charge >= 0.3 is 7.60 Å². The van der Waals surface area contributed by atoms with Crippen LogP contribution in [-0.4, -0.2) is 32.7 Å². The first-order chi connectivity index (χ1) is 11.0. The molecule has 0 spiro atoms. The zero-order valence-corrected chi connectivity index (χ0v) is 14.3. The van der Waals surface area contributed by atoms with Crippen molar-refractivity contribution >= 4 is 24.6 Å². The Bertz CT molecular complexity index is 785. The SMILES string of the molecule is CCOP(=O)(C=C=C(C)Cn1cnc2c(N)ncnc21)OCC. The number of anilines is 1. The number of imidazole rings is 1. The Labute approximate surface area is 134 Å². The van der Waals surface area contributed by atoms with Crippen LogP contribution in [0.25, 0.3) is 11.2 Å². The van der Waals surface area contributed by atoms with E-state index >= 15 is 0 Å². The molecule has 0 radical (unpaired) electrons. The molecule has 0 bridgehead atoms. The molecular formula is C14H20N5O3P. The summed E-state index contributed by atoms with van der Waals surface area (Å²) in [5, 5.41) is 0. The molecule has 0 aliphatic rings. The minimum Gasteiger partial charge on any atom is -0.382 e. The van der Waals surface area contributed by atoms with Crippen LogP contribution >= 0.6 is 7.60 Å². The second kappa shape index (κ2) is 7.53. The summed E-state index contributed by atoms with van der Waals surface area (Å²) in [6, 6.07) is 0. The van der Waals surface area contributed by atoms with Gasteiger partial charge < -0.3 is 19.3 Å². The fourth-order valence-electron chi connectivity index (χ4n) is 1.98. The fourth-order valence-corrected chi connectivity index (χ4v) is 3.30. The van der Waals surface area contributed by atoms with Gasteiger partial charge in [0.05, 0.1) is 31.9 Å². The monoisotopic (exact) mass is 337 g/mol. The van der Waals surface area contributed by atoms with E-state index in [0.29, 0.717) is 36.7 Å². The molecule has 2 heterocycles. The molecule has 124 valence electrons. The molecule has 9 heteroatoms. The van der Waals surface area contributed by atoms with Crippen LogP contribution in [0.3, 0.4) is 0 Å². The zero-order valence-electron chi connectivity index (χ0n) is 13.4. The zero-order chi connectivity index (χ0) is 16.9. The Morgan fingerprint density at radius 3 is 2.70 bits per heavy atom. The third kappa shape index (κ3) is 4.27. The van der Waals surface area contributed by atoms with E-state index < -0.39 is 7.60 Å². The topological polar surface area (TPSA) is 105 Å². The third-order valence-electron chi connectivity index (χ3n) is 2.92. The van der Waals surface area contributed by atoms with Gasteiger partial charge in [0.15, 0.2) is 11.5 Å². The minimum absolute atomic E-state index is 0.302. The normalized spacial score (nSPS) is 11.4. The first kappa shape index (κ1) is 17.4. The summed E-state index contributed by atoms with van der Waals surface area (Å²) in [4.78, 5) is 12.3. The van der Waals surface area contributed by atoms with Crippen LogP contribution in [0.4, 0.5) is 5.82 Å². The van der Waals surface area contributed by atoms with Gasteiger partial charge in [0.2, 0.25) is 0 Å². The van der Waals surface area contributed by atoms with Gasteiger partial charge in [-0.3, -0.25) is 4.57 Å². The van der Waals surface area contributed by atoms with Gasteiger partial charge in [-0.25, -0.2) is 15.0 Å². The Morgan fingerprint density at radius 1 is 1.35 bits per heavy atom. The van der Waals surface area contributed by atoms with E-state index in [4.69, 9.17) is 14.8 Å². The van der Waals surface area contributed by atoms with Crippen molar-refractivity contribution in [2.75, 3.05) is 18.9 Å². The predicted octanol–water partition coefficient (Wildman–Crippen LogP) is 2.73. The molecule has 2 aromatic rings. The third-order valence-corrected chi connectivity index (χ3v) is 4.61. The molecule has 2 rings (SSSR count). The number of fused-ring (bicyclic) bond motifs is 1. The number of rotatable bonds is 7. The molecule has 0 amide bonds. The first-order valence-corrected chi connectivity index (χ1v) is 8.83. The molecule has 8 nitrogen and oxygen atoms in total. The molecule has 0 saturated carbocycles. The molecule has 0 atom stereocenters. The lowest BCUT2D eigenvalue weighted by atomic mass is 10.3. The van der Waals surface area contributed by atoms with Gasteiger partial charge in [-0.2, -0.15) is 0 Å². The van der Waals surface area contributed by atoms with E-state index in [9.17, 15) is 4.57 Å². The summed E-state index contributed by atoms with van der Waals surface area (Å²) >= 11 is 0. The number of aromatic nitrogens is 4. The van der Waals surface area contributed by atoms with Crippen LogP contribution in [0.1, 0.15) is 20.8 Å². The van der Waals surface area contributed by atoms with Gasteiger partial charge in [-0.05, 0) is 26.3 Å². The number of hydrogen-bond acceptors (Lipinski definition) is 7. The maximum absolute atomic E-state index is 12.3. The molecule has 0 unspecified atom stereocenters. The lowest BCUT2D eigenvalue weighted by molar-refractivity contribution is 0.229. The maximum atomic E-state index is 12.3. The van der Waals surface area contributed by atoms with E-state index in [1.54, 1.807) is 20.2 Å². The quantitative estimate of drug-likeness (QED) is 0.611. The van der Waals surface area contributed by atoms with Crippen LogP contribution in [0, 0.1) is 0 Å². The largest absolute Gasteiger partial charge is 0.382 e. The van der Waals surface area contributed by atoms with E-state index in [1.165, 1.54) is 12.1 Å². The number of hydrogen-bond donors (Lipinski definition) is 1. The predicted molar refractivity (Wildman–Crippen MR) is 87.9 cm³/mol. The Morgan fingerprint density at radius 2 is 2.04 bits per heavy atom. The van der Waals surface area contributed by atoms with Crippen LogP contribution in [0.2, 0.25) is 0 Å². The Hall–Kier alpha value is -1.98. The highest BCUT2D eigenvalue weighted by molar-refractivity contribution is 7.57. The van der Waals surface area contributed by atoms with Gasteiger partial charge in [-0.1, -0.05) is 0 Å². The maximum Gasteiger partial charge on any atom is 0.361 e. The van der Waals surface area contributed by atoms with Gasteiger partial charge in [-0.15, -0.1) is 5.73 Å². The van der Waals surface area contributed by atoms with Crippen molar-refractivity contribution in [3.8, 4) is 0 Å². The first-order valence-electron chi connectivity index (χ1n) is 7.22. The highest BCUT2D eigenvalue weighted by Gasteiger charge is 2.18. The fraction of sp³-hybridized carbons (Fsp3) is 0.429. The molecule has 0 aromatic carbocycles. The molecule has 2 aromatic heterocycles. The smallest absolute Gasteiger partial charge is 0.361 e. The van der Waals surface area contributed by atoms with Crippen LogP contribution in [0.5, 0.6) is 0 Å². The Kier molecular flexibility index (Phi) is 5.69. The molecule has 0 aliphatic heterocycles. The van der Waals surface area contributed by atoms with E-state index in [-0.39, 0.29) is 0 Å². The van der Waals surface area contributed by atoms with E-state index in [1.807, 2.05) is 11.5 Å². The number of allylic oxidation sites excluding steroid dienone is 1. The number of nitrogens with two attached hydrogens (primary N) is 1.